The predicted molar refractivity (Wildman–Crippen MR) is 171 cm³/mol. The monoisotopic (exact) mass is 624 g/mol. The number of nitrogens with zero attached hydrogens (tertiary/aromatic N) is 3. The normalized spacial score (nSPS) is 16.1. The summed E-state index contributed by atoms with van der Waals surface area (Å²) < 4.78 is 26.0. The summed E-state index contributed by atoms with van der Waals surface area (Å²) in [5.74, 6) is -0.451. The van der Waals surface area contributed by atoms with Gasteiger partial charge in [0.05, 0.1) is 12.8 Å². The van der Waals surface area contributed by atoms with E-state index in [1.54, 1.807) is 40.0 Å². The number of guanidine groups is 1. The highest BCUT2D eigenvalue weighted by molar-refractivity contribution is 5.95. The minimum absolute atomic E-state index is 0.115. The van der Waals surface area contributed by atoms with Crippen LogP contribution in [0.1, 0.15) is 62.9 Å². The van der Waals surface area contributed by atoms with E-state index in [-0.39, 0.29) is 18.2 Å². The molecule has 12 heteroatoms. The molecule has 11 nitrogen and oxygen atoms in total. The Morgan fingerprint density at radius 2 is 1.84 bits per heavy atom. The van der Waals surface area contributed by atoms with Gasteiger partial charge < -0.3 is 35.2 Å². The first-order valence-electron chi connectivity index (χ1n) is 15.4. The second kappa shape index (κ2) is 15.1. The molecule has 2 heterocycles. The quantitative estimate of drug-likeness (QED) is 0.345. The number of hydrogen-bond acceptors (Lipinski definition) is 9. The average molecular weight is 625 g/mol. The molecule has 2 aromatic carbocycles. The zero-order chi connectivity index (χ0) is 32.6. The van der Waals surface area contributed by atoms with E-state index in [9.17, 15) is 14.4 Å². The number of carbonyl (C=O) groups excluding carboxylic acids is 3. The largest absolute Gasteiger partial charge is 0.497 e. The highest BCUT2D eigenvalue weighted by Gasteiger charge is 2.30. The van der Waals surface area contributed by atoms with Gasteiger partial charge in [0.25, 0.3) is 5.91 Å². The van der Waals surface area contributed by atoms with Gasteiger partial charge in [-0.3, -0.25) is 14.6 Å². The molecular weight excluding hydrogens is 579 g/mol. The smallest absolute Gasteiger partial charge is 0.331 e. The lowest BCUT2D eigenvalue weighted by Gasteiger charge is -2.41. The van der Waals surface area contributed by atoms with Crippen LogP contribution in [-0.2, 0) is 20.9 Å². The predicted octanol–water partition coefficient (Wildman–Crippen LogP) is 3.23. The Bertz CT molecular complexity index is 1370. The van der Waals surface area contributed by atoms with Crippen molar-refractivity contribution in [3.8, 4) is 5.75 Å². The van der Waals surface area contributed by atoms with Gasteiger partial charge in [0.2, 0.25) is 5.91 Å². The maximum absolute atomic E-state index is 15.4. The molecule has 45 heavy (non-hydrogen) atoms. The fraction of sp³-hybridized carbons (Fsp3) is 0.515. The van der Waals surface area contributed by atoms with Crippen molar-refractivity contribution in [2.75, 3.05) is 44.7 Å². The van der Waals surface area contributed by atoms with E-state index in [1.807, 2.05) is 17.0 Å². The van der Waals surface area contributed by atoms with Crippen LogP contribution >= 0.6 is 0 Å². The number of esters is 1. The number of methoxy groups -OCH3 is 1. The fourth-order valence-electron chi connectivity index (χ4n) is 5.45. The molecule has 1 fully saturated rings. The summed E-state index contributed by atoms with van der Waals surface area (Å²) in [6, 6.07) is 11.6. The standard InChI is InChI=1S/C33H45FN6O5/c1-22(41)38-28(31(43)45-33(2,3)4)20-37-30(42)24-9-12-29(27(34)19-24)39-17-13-25(14-18-39)40(32-35-15-6-16-36-32)21-23-7-10-26(44-5)11-8-23/h7-12,19,25,28H,6,13-18,20-21H2,1-5H3,(H,35,36)(H,37,42)(H,38,41)/t28-/m0/s1. The van der Waals surface area contributed by atoms with Crippen molar-refractivity contribution in [3.63, 3.8) is 0 Å². The lowest BCUT2D eigenvalue weighted by Crippen LogP contribution is -2.52. The molecule has 244 valence electrons. The van der Waals surface area contributed by atoms with E-state index in [4.69, 9.17) is 14.5 Å². The summed E-state index contributed by atoms with van der Waals surface area (Å²) in [6.45, 7) is 9.88. The molecule has 0 spiro atoms. The van der Waals surface area contributed by atoms with Crippen LogP contribution in [0.3, 0.4) is 0 Å². The average Bonchev–Trinajstić information content (AvgIpc) is 3.01. The highest BCUT2D eigenvalue weighted by Crippen LogP contribution is 2.27. The Balaban J connectivity index is 1.38. The van der Waals surface area contributed by atoms with Gasteiger partial charge in [0, 0.05) is 57.8 Å². The first-order chi connectivity index (χ1) is 21.4. The topological polar surface area (TPSA) is 125 Å². The zero-order valence-electron chi connectivity index (χ0n) is 26.8. The molecule has 0 aromatic heterocycles. The lowest BCUT2D eigenvalue weighted by atomic mass is 10.0. The summed E-state index contributed by atoms with van der Waals surface area (Å²) in [5.41, 5.74) is 0.942. The minimum Gasteiger partial charge on any atom is -0.497 e. The molecular formula is C33H45FN6O5. The number of piperidine rings is 1. The van der Waals surface area contributed by atoms with E-state index in [1.165, 1.54) is 13.0 Å². The SMILES string of the molecule is COc1ccc(CN(C2=NCCCN2)C2CCN(c3ccc(C(=O)NC[C@H](NC(C)=O)C(=O)OC(C)(C)C)cc3F)CC2)cc1. The number of carbonyl (C=O) groups is 3. The van der Waals surface area contributed by atoms with Crippen molar-refractivity contribution in [2.24, 2.45) is 4.99 Å². The molecule has 0 unspecified atom stereocenters. The maximum atomic E-state index is 15.4. The minimum atomic E-state index is -1.07. The van der Waals surface area contributed by atoms with Crippen LogP contribution in [0.15, 0.2) is 47.5 Å². The Labute approximate surface area is 264 Å². The van der Waals surface area contributed by atoms with E-state index in [0.717, 1.165) is 49.6 Å². The number of aliphatic imine (C=N–C) groups is 1. The molecule has 2 amide bonds. The van der Waals surface area contributed by atoms with Gasteiger partial charge in [0.15, 0.2) is 5.96 Å². The first kappa shape index (κ1) is 33.5. The third kappa shape index (κ3) is 9.57. The number of ether oxygens (including phenoxy) is 2. The van der Waals surface area contributed by atoms with Gasteiger partial charge in [0.1, 0.15) is 23.2 Å². The second-order valence-corrected chi connectivity index (χ2v) is 12.3. The van der Waals surface area contributed by atoms with Gasteiger partial charge in [-0.05, 0) is 75.9 Å². The molecule has 2 aliphatic heterocycles. The molecule has 0 bridgehead atoms. The number of anilines is 1. The maximum Gasteiger partial charge on any atom is 0.331 e. The number of amides is 2. The lowest BCUT2D eigenvalue weighted by molar-refractivity contribution is -0.158. The summed E-state index contributed by atoms with van der Waals surface area (Å²) in [4.78, 5) is 46.1. The van der Waals surface area contributed by atoms with Crippen molar-refractivity contribution in [3.05, 3.63) is 59.4 Å². The summed E-state index contributed by atoms with van der Waals surface area (Å²) in [5, 5.41) is 8.57. The third-order valence-electron chi connectivity index (χ3n) is 7.65. The first-order valence-corrected chi connectivity index (χ1v) is 15.4. The van der Waals surface area contributed by atoms with Gasteiger partial charge in [-0.1, -0.05) is 12.1 Å². The number of rotatable bonds is 10. The zero-order valence-corrected chi connectivity index (χ0v) is 26.8. The van der Waals surface area contributed by atoms with Crippen LogP contribution in [-0.4, -0.2) is 86.2 Å². The van der Waals surface area contributed by atoms with Crippen LogP contribution < -0.4 is 25.6 Å². The molecule has 0 radical (unpaired) electrons. The van der Waals surface area contributed by atoms with Crippen molar-refractivity contribution < 1.29 is 28.2 Å². The molecule has 1 saturated heterocycles. The Morgan fingerprint density at radius 3 is 2.42 bits per heavy atom. The van der Waals surface area contributed by atoms with Crippen molar-refractivity contribution in [1.29, 1.82) is 0 Å². The van der Waals surface area contributed by atoms with Gasteiger partial charge in [-0.2, -0.15) is 0 Å². The Hall–Kier alpha value is -4.35. The molecule has 1 atom stereocenters. The van der Waals surface area contributed by atoms with Gasteiger partial charge in [-0.25, -0.2) is 9.18 Å². The van der Waals surface area contributed by atoms with E-state index in [0.29, 0.717) is 25.3 Å². The summed E-state index contributed by atoms with van der Waals surface area (Å²) in [6.07, 6.45) is 2.63. The van der Waals surface area contributed by atoms with E-state index >= 15 is 4.39 Å². The van der Waals surface area contributed by atoms with Crippen LogP contribution in [0, 0.1) is 5.82 Å². The Morgan fingerprint density at radius 1 is 1.13 bits per heavy atom. The number of benzene rings is 2. The van der Waals surface area contributed by atoms with Crippen molar-refractivity contribution in [2.45, 2.75) is 71.2 Å². The number of hydrogen-bond donors (Lipinski definition) is 3. The Kier molecular flexibility index (Phi) is 11.2. The third-order valence-corrected chi connectivity index (χ3v) is 7.65. The molecule has 3 N–H and O–H groups in total. The van der Waals surface area contributed by atoms with Gasteiger partial charge in [-0.15, -0.1) is 0 Å². The van der Waals surface area contributed by atoms with Crippen molar-refractivity contribution >= 4 is 29.4 Å². The summed E-state index contributed by atoms with van der Waals surface area (Å²) >= 11 is 0. The molecule has 2 aliphatic rings. The van der Waals surface area contributed by atoms with Gasteiger partial charge >= 0.3 is 5.97 Å². The van der Waals surface area contributed by atoms with Crippen LogP contribution in [0.5, 0.6) is 5.75 Å². The van der Waals surface area contributed by atoms with Crippen molar-refractivity contribution in [1.82, 2.24) is 20.9 Å². The van der Waals surface area contributed by atoms with Crippen LogP contribution in [0.25, 0.3) is 0 Å². The number of halogens is 1. The van der Waals surface area contributed by atoms with E-state index in [2.05, 4.69) is 33.0 Å². The second-order valence-electron chi connectivity index (χ2n) is 12.3. The van der Waals surface area contributed by atoms with Crippen LogP contribution in [0.2, 0.25) is 0 Å². The summed E-state index contributed by atoms with van der Waals surface area (Å²) in [7, 11) is 1.65. The van der Waals surface area contributed by atoms with Crippen LogP contribution in [0.4, 0.5) is 10.1 Å². The van der Waals surface area contributed by atoms with E-state index < -0.39 is 35.2 Å². The molecule has 4 rings (SSSR count). The molecule has 0 saturated carbocycles. The molecule has 2 aromatic rings. The number of nitrogens with one attached hydrogen (secondary N) is 3. The highest BCUT2D eigenvalue weighted by atomic mass is 19.1. The molecule has 0 aliphatic carbocycles. The fourth-order valence-corrected chi connectivity index (χ4v) is 5.45.